The van der Waals surface area contributed by atoms with E-state index in [0.717, 1.165) is 12.1 Å². The number of anilines is 1. The van der Waals surface area contributed by atoms with Gasteiger partial charge in [0.25, 0.3) is 5.91 Å². The van der Waals surface area contributed by atoms with Crippen LogP contribution in [0.1, 0.15) is 26.4 Å². The van der Waals surface area contributed by atoms with Crippen LogP contribution >= 0.6 is 0 Å². The average Bonchev–Trinajstić information content (AvgIpc) is 3.09. The molecule has 0 saturated heterocycles. The van der Waals surface area contributed by atoms with Crippen molar-refractivity contribution in [2.45, 2.75) is 6.18 Å². The minimum absolute atomic E-state index is 0. The molecule has 1 aromatic heterocycles. The van der Waals surface area contributed by atoms with Gasteiger partial charge in [-0.3, -0.25) is 4.79 Å². The number of hydrogen-bond donors (Lipinski definition) is 2. The molecule has 33 heavy (non-hydrogen) atoms. The molecule has 0 fully saturated rings. The van der Waals surface area contributed by atoms with Gasteiger partial charge in [0, 0.05) is 29.2 Å². The third kappa shape index (κ3) is 4.58. The predicted molar refractivity (Wildman–Crippen MR) is 118 cm³/mol. The van der Waals surface area contributed by atoms with E-state index in [-0.39, 0.29) is 11.2 Å². The van der Waals surface area contributed by atoms with Crippen molar-refractivity contribution in [1.82, 2.24) is 4.57 Å². The Morgan fingerprint density at radius 1 is 0.939 bits per heavy atom. The molecule has 6 nitrogen and oxygen atoms in total. The first-order valence-electron chi connectivity index (χ1n) is 9.56. The van der Waals surface area contributed by atoms with E-state index in [1.165, 1.54) is 18.2 Å². The summed E-state index contributed by atoms with van der Waals surface area (Å²) < 4.78 is 40.1. The number of hydrogen-bond acceptors (Lipinski definition) is 2. The van der Waals surface area contributed by atoms with Gasteiger partial charge in [0.2, 0.25) is 0 Å². The van der Waals surface area contributed by atoms with Gasteiger partial charge in [0.1, 0.15) is 5.69 Å². The van der Waals surface area contributed by atoms with E-state index in [4.69, 9.17) is 0 Å². The van der Waals surface area contributed by atoms with Crippen LogP contribution in [0, 0.1) is 0 Å². The molecule has 0 aliphatic heterocycles. The number of alkyl halides is 3. The van der Waals surface area contributed by atoms with Crippen LogP contribution < -0.4 is 5.32 Å². The molecule has 0 bridgehead atoms. The predicted octanol–water partition coefficient (Wildman–Crippen LogP) is 4.99. The number of carbonyl (C=O) groups is 2. The molecule has 4 N–H and O–H groups in total. The van der Waals surface area contributed by atoms with Gasteiger partial charge in [-0.25, -0.2) is 4.79 Å². The monoisotopic (exact) mass is 456 g/mol. The topological polar surface area (TPSA) is 103 Å². The normalized spacial score (nSPS) is 11.2. The van der Waals surface area contributed by atoms with Gasteiger partial charge in [0.05, 0.1) is 5.56 Å². The second-order valence-corrected chi connectivity index (χ2v) is 7.24. The fraction of sp³-hybridized carbons (Fsp3) is 0.0833. The lowest BCUT2D eigenvalue weighted by atomic mass is 9.98. The largest absolute Gasteiger partial charge is 0.477 e. The standard InChI is InChI=1S/C24H17F3N2O3.H2O/c1-29-20-11-10-17(12-15(20)13-21(29)23(31)32)28-22(30)19-5-3-2-4-18(19)14-6-8-16(9-7-14)24(25,26)27;/h2-13H,1H3,(H,28,30)(H,31,32);1H2. The van der Waals surface area contributed by atoms with Crippen molar-refractivity contribution in [3.8, 4) is 11.1 Å². The van der Waals surface area contributed by atoms with Crippen LogP contribution in [0.5, 0.6) is 0 Å². The number of carboxylic acid groups (broad SMARTS) is 1. The van der Waals surface area contributed by atoms with Crippen molar-refractivity contribution in [3.63, 3.8) is 0 Å². The quantitative estimate of drug-likeness (QED) is 0.452. The molecule has 0 atom stereocenters. The van der Waals surface area contributed by atoms with Gasteiger partial charge >= 0.3 is 12.1 Å². The number of benzene rings is 3. The number of rotatable bonds is 4. The van der Waals surface area contributed by atoms with E-state index in [1.54, 1.807) is 54.1 Å². The number of fused-ring (bicyclic) bond motifs is 1. The Kier molecular flexibility index (Phi) is 6.28. The zero-order valence-corrected chi connectivity index (χ0v) is 17.3. The first-order valence-corrected chi connectivity index (χ1v) is 9.56. The van der Waals surface area contributed by atoms with Crippen LogP contribution in [0.25, 0.3) is 22.0 Å². The number of nitrogens with zero attached hydrogens (tertiary/aromatic N) is 1. The molecule has 1 amide bonds. The lowest BCUT2D eigenvalue weighted by molar-refractivity contribution is -0.137. The first kappa shape index (κ1) is 23.6. The van der Waals surface area contributed by atoms with Crippen LogP contribution in [0.2, 0.25) is 0 Å². The highest BCUT2D eigenvalue weighted by Crippen LogP contribution is 2.32. The van der Waals surface area contributed by atoms with E-state index in [0.29, 0.717) is 33.3 Å². The van der Waals surface area contributed by atoms with Crippen molar-refractivity contribution >= 4 is 28.5 Å². The minimum Gasteiger partial charge on any atom is -0.477 e. The summed E-state index contributed by atoms with van der Waals surface area (Å²) in [5, 5.41) is 12.7. The van der Waals surface area contributed by atoms with Gasteiger partial charge in [-0.1, -0.05) is 30.3 Å². The highest BCUT2D eigenvalue weighted by atomic mass is 19.4. The second-order valence-electron chi connectivity index (χ2n) is 7.24. The molecule has 3 aromatic carbocycles. The number of aromatic carboxylic acids is 1. The van der Waals surface area contributed by atoms with Gasteiger partial charge in [-0.05, 0) is 53.6 Å². The van der Waals surface area contributed by atoms with Gasteiger partial charge < -0.3 is 20.5 Å². The number of nitrogens with one attached hydrogen (secondary N) is 1. The first-order chi connectivity index (χ1) is 15.1. The Morgan fingerprint density at radius 3 is 2.24 bits per heavy atom. The summed E-state index contributed by atoms with van der Waals surface area (Å²) in [7, 11) is 1.64. The molecule has 4 aromatic rings. The summed E-state index contributed by atoms with van der Waals surface area (Å²) in [6, 6.07) is 17.8. The van der Waals surface area contributed by atoms with E-state index in [9.17, 15) is 27.9 Å². The van der Waals surface area contributed by atoms with Crippen molar-refractivity contribution in [3.05, 3.63) is 89.6 Å². The lowest BCUT2D eigenvalue weighted by Crippen LogP contribution is -2.13. The molecule has 170 valence electrons. The Morgan fingerprint density at radius 2 is 1.61 bits per heavy atom. The third-order valence-corrected chi connectivity index (χ3v) is 5.21. The number of amides is 1. The van der Waals surface area contributed by atoms with Crippen molar-refractivity contribution in [2.24, 2.45) is 7.05 Å². The van der Waals surface area contributed by atoms with Gasteiger partial charge in [0.15, 0.2) is 0 Å². The van der Waals surface area contributed by atoms with Crippen LogP contribution in [0.4, 0.5) is 18.9 Å². The number of aryl methyl sites for hydroxylation is 1. The van der Waals surface area contributed by atoms with Crippen LogP contribution in [0.3, 0.4) is 0 Å². The Balaban J connectivity index is 0.00000306. The average molecular weight is 456 g/mol. The zero-order valence-electron chi connectivity index (χ0n) is 17.3. The van der Waals surface area contributed by atoms with E-state index >= 15 is 0 Å². The summed E-state index contributed by atoms with van der Waals surface area (Å²) >= 11 is 0. The van der Waals surface area contributed by atoms with Gasteiger partial charge in [-0.2, -0.15) is 13.2 Å². The Hall–Kier alpha value is -4.11. The molecule has 0 unspecified atom stereocenters. The molecule has 0 aliphatic rings. The van der Waals surface area contributed by atoms with Crippen molar-refractivity contribution < 1.29 is 33.3 Å². The molecule has 4 rings (SSSR count). The number of carboxylic acids is 1. The molecular formula is C24H19F3N2O4. The smallest absolute Gasteiger partial charge is 0.416 e. The van der Waals surface area contributed by atoms with E-state index < -0.39 is 23.6 Å². The molecule has 0 spiro atoms. The highest BCUT2D eigenvalue weighted by molar-refractivity contribution is 6.09. The molecule has 1 heterocycles. The highest BCUT2D eigenvalue weighted by Gasteiger charge is 2.30. The van der Waals surface area contributed by atoms with Crippen molar-refractivity contribution in [2.75, 3.05) is 5.32 Å². The minimum atomic E-state index is -4.44. The van der Waals surface area contributed by atoms with Crippen molar-refractivity contribution in [1.29, 1.82) is 0 Å². The second kappa shape index (κ2) is 8.79. The molecule has 0 radical (unpaired) electrons. The molecule has 0 aliphatic carbocycles. The maximum Gasteiger partial charge on any atom is 0.416 e. The molecular weight excluding hydrogens is 437 g/mol. The van der Waals surface area contributed by atoms with E-state index in [1.807, 2.05) is 0 Å². The maximum absolute atomic E-state index is 13.0. The molecule has 0 saturated carbocycles. The fourth-order valence-corrected chi connectivity index (χ4v) is 3.60. The summed E-state index contributed by atoms with van der Waals surface area (Å²) in [4.78, 5) is 24.3. The Bertz CT molecular complexity index is 1340. The summed E-state index contributed by atoms with van der Waals surface area (Å²) in [5.41, 5.74) is 1.79. The summed E-state index contributed by atoms with van der Waals surface area (Å²) in [5.74, 6) is -1.49. The summed E-state index contributed by atoms with van der Waals surface area (Å²) in [6.07, 6.45) is -4.44. The maximum atomic E-state index is 13.0. The lowest BCUT2D eigenvalue weighted by Gasteiger charge is -2.12. The Labute approximate surface area is 186 Å². The molecule has 9 heteroatoms. The number of carbonyl (C=O) groups excluding carboxylic acids is 1. The zero-order chi connectivity index (χ0) is 23.0. The van der Waals surface area contributed by atoms with Gasteiger partial charge in [-0.15, -0.1) is 0 Å². The fourth-order valence-electron chi connectivity index (χ4n) is 3.60. The van der Waals surface area contributed by atoms with Crippen LogP contribution in [-0.4, -0.2) is 27.0 Å². The van der Waals surface area contributed by atoms with Crippen LogP contribution in [0.15, 0.2) is 72.8 Å². The van der Waals surface area contributed by atoms with E-state index in [2.05, 4.69) is 5.32 Å². The van der Waals surface area contributed by atoms with Crippen LogP contribution in [-0.2, 0) is 13.2 Å². The number of aromatic nitrogens is 1. The third-order valence-electron chi connectivity index (χ3n) is 5.21. The number of halogens is 3. The summed E-state index contributed by atoms with van der Waals surface area (Å²) in [6.45, 7) is 0. The SMILES string of the molecule is Cn1c(C(=O)O)cc2cc(NC(=O)c3ccccc3-c3ccc(C(F)(F)F)cc3)ccc21.O.